The lowest BCUT2D eigenvalue weighted by atomic mass is 10.0. The van der Waals surface area contributed by atoms with Gasteiger partial charge in [0.15, 0.2) is 5.96 Å². The number of aliphatic hydroxyl groups excluding tert-OH is 1. The number of thioether (sulfide) groups is 2. The van der Waals surface area contributed by atoms with Gasteiger partial charge in [-0.3, -0.25) is 38.6 Å². The number of rotatable bonds is 28. The molecule has 1 fully saturated rings. The Labute approximate surface area is 360 Å². The molecule has 1 saturated heterocycles. The highest BCUT2D eigenvalue weighted by Gasteiger charge is 2.34. The summed E-state index contributed by atoms with van der Waals surface area (Å²) in [5.74, 6) is -4.00. The summed E-state index contributed by atoms with van der Waals surface area (Å²) in [5.41, 5.74) is 17.3. The summed E-state index contributed by atoms with van der Waals surface area (Å²) in [7, 11) is 0. The Kier molecular flexibility index (Phi) is 24.1. The van der Waals surface area contributed by atoms with Crippen molar-refractivity contribution in [3.63, 3.8) is 0 Å². The molecule has 0 unspecified atom stereocenters. The first-order valence-electron chi connectivity index (χ1n) is 20.1. The second-order valence-corrected chi connectivity index (χ2v) is 16.9. The third-order valence-corrected chi connectivity index (χ3v) is 10.8. The van der Waals surface area contributed by atoms with Crippen LogP contribution in [0.3, 0.4) is 0 Å². The molecule has 0 bridgehead atoms. The normalized spacial score (nSPS) is 16.5. The van der Waals surface area contributed by atoms with Crippen molar-refractivity contribution in [3.8, 4) is 0 Å². The third kappa shape index (κ3) is 19.2. The number of aliphatic imine (C=N–C) groups is 1. The number of carbonyl (C=O) groups is 7. The minimum absolute atomic E-state index is 0.0630. The molecule has 0 radical (unpaired) electrons. The first-order chi connectivity index (χ1) is 28.6. The van der Waals surface area contributed by atoms with Crippen molar-refractivity contribution in [2.24, 2.45) is 28.1 Å². The molecule has 1 aromatic carbocycles. The van der Waals surface area contributed by atoms with Gasteiger partial charge in [-0.15, -0.1) is 0 Å². The van der Waals surface area contributed by atoms with E-state index in [1.807, 2.05) is 32.4 Å². The SMILES string of the molecule is CSCC[C@H](NC(=O)[C@@H]1CCCN1)C(=O)N[C@@H](CO)C(=O)N[C@@H](CCSC)C(=O)N[C@@H](CC(C)C)C(=O)N[C@@H](CCCN=C(N)N)C(=O)N[C@@H](Cc1ccccc1)C(N)=O. The zero-order chi connectivity index (χ0) is 44.6. The van der Waals surface area contributed by atoms with Gasteiger partial charge in [-0.2, -0.15) is 23.5 Å². The molecule has 1 aliphatic rings. The number of guanidine groups is 1. The van der Waals surface area contributed by atoms with Crippen LogP contribution in [0.2, 0.25) is 0 Å². The fourth-order valence-electron chi connectivity index (χ4n) is 6.29. The maximum Gasteiger partial charge on any atom is 0.245 e. The van der Waals surface area contributed by atoms with Crippen LogP contribution in [-0.4, -0.2) is 138 Å². The van der Waals surface area contributed by atoms with E-state index in [4.69, 9.17) is 17.2 Å². The summed E-state index contributed by atoms with van der Waals surface area (Å²) in [6.07, 6.45) is 6.13. The number of carbonyl (C=O) groups excluding carboxylic acids is 7. The summed E-state index contributed by atoms with van der Waals surface area (Å²) in [5, 5.41) is 29.2. The van der Waals surface area contributed by atoms with Crippen LogP contribution < -0.4 is 54.4 Å². The van der Waals surface area contributed by atoms with E-state index in [2.05, 4.69) is 42.2 Å². The number of nitrogens with one attached hydrogen (secondary N) is 7. The first kappa shape index (κ1) is 51.5. The molecule has 1 aliphatic heterocycles. The molecule has 60 heavy (non-hydrogen) atoms. The lowest BCUT2D eigenvalue weighted by Gasteiger charge is -2.28. The van der Waals surface area contributed by atoms with E-state index < -0.39 is 84.3 Å². The molecule has 1 heterocycles. The molecule has 336 valence electrons. The van der Waals surface area contributed by atoms with Gasteiger partial charge in [0.1, 0.15) is 36.3 Å². The first-order valence-corrected chi connectivity index (χ1v) is 22.9. The highest BCUT2D eigenvalue weighted by molar-refractivity contribution is 7.98. The number of aliphatic hydroxyl groups is 1. The van der Waals surface area contributed by atoms with E-state index in [1.54, 1.807) is 24.3 Å². The van der Waals surface area contributed by atoms with Crippen LogP contribution in [-0.2, 0) is 40.0 Å². The maximum atomic E-state index is 13.9. The summed E-state index contributed by atoms with van der Waals surface area (Å²) < 4.78 is 0. The quantitative estimate of drug-likeness (QED) is 0.0246. The van der Waals surface area contributed by atoms with Crippen molar-refractivity contribution >= 4 is 70.8 Å². The van der Waals surface area contributed by atoms with Crippen LogP contribution in [0.1, 0.15) is 64.4 Å². The topological polar surface area (TPSA) is 314 Å². The van der Waals surface area contributed by atoms with Crippen molar-refractivity contribution in [3.05, 3.63) is 35.9 Å². The van der Waals surface area contributed by atoms with E-state index >= 15 is 0 Å². The van der Waals surface area contributed by atoms with Gasteiger partial charge in [-0.05, 0) is 87.0 Å². The Morgan fingerprint density at radius 3 is 1.73 bits per heavy atom. The van der Waals surface area contributed by atoms with Crippen molar-refractivity contribution < 1.29 is 38.7 Å². The highest BCUT2D eigenvalue weighted by Crippen LogP contribution is 2.11. The number of nitrogens with two attached hydrogens (primary N) is 3. The molecule has 7 atom stereocenters. The molecular weight excluding hydrogens is 815 g/mol. The van der Waals surface area contributed by atoms with E-state index in [-0.39, 0.29) is 62.9 Å². The smallest absolute Gasteiger partial charge is 0.245 e. The van der Waals surface area contributed by atoms with Gasteiger partial charge in [0, 0.05) is 13.0 Å². The molecule has 0 aromatic heterocycles. The van der Waals surface area contributed by atoms with Crippen molar-refractivity contribution in [1.82, 2.24) is 37.2 Å². The second-order valence-electron chi connectivity index (χ2n) is 14.9. The molecule has 21 heteroatoms. The Morgan fingerprint density at radius 2 is 1.23 bits per heavy atom. The predicted octanol–water partition coefficient (Wildman–Crippen LogP) is -2.03. The van der Waals surface area contributed by atoms with E-state index in [0.717, 1.165) is 12.0 Å². The molecule has 19 nitrogen and oxygen atoms in total. The Balaban J connectivity index is 2.25. The van der Waals surface area contributed by atoms with Gasteiger partial charge in [0.2, 0.25) is 41.4 Å². The van der Waals surface area contributed by atoms with Crippen LogP contribution in [0, 0.1) is 5.92 Å². The number of amides is 7. The molecule has 1 aromatic rings. The molecule has 14 N–H and O–H groups in total. The fraction of sp³-hybridized carbons (Fsp3) is 0.641. The summed E-state index contributed by atoms with van der Waals surface area (Å²) in [6, 6.07) is 1.46. The number of hydrogen-bond donors (Lipinski definition) is 11. The molecule has 7 amide bonds. The Bertz CT molecular complexity index is 1580. The molecular formula is C39H65N11O8S2. The van der Waals surface area contributed by atoms with Crippen molar-refractivity contribution in [2.75, 3.05) is 43.7 Å². The van der Waals surface area contributed by atoms with Gasteiger partial charge >= 0.3 is 0 Å². The summed E-state index contributed by atoms with van der Waals surface area (Å²) >= 11 is 2.89. The van der Waals surface area contributed by atoms with Gasteiger partial charge in [-0.1, -0.05) is 44.2 Å². The number of nitrogens with zero attached hydrogens (tertiary/aromatic N) is 1. The Hall–Kier alpha value is -4.60. The molecule has 0 spiro atoms. The number of hydrogen-bond acceptors (Lipinski definition) is 12. The maximum absolute atomic E-state index is 13.9. The summed E-state index contributed by atoms with van der Waals surface area (Å²) in [4.78, 5) is 97.6. The van der Waals surface area contributed by atoms with Gasteiger partial charge < -0.3 is 59.5 Å². The van der Waals surface area contributed by atoms with E-state index in [9.17, 15) is 38.7 Å². The lowest BCUT2D eigenvalue weighted by Crippen LogP contribution is -2.60. The van der Waals surface area contributed by atoms with Crippen LogP contribution >= 0.6 is 23.5 Å². The highest BCUT2D eigenvalue weighted by atomic mass is 32.2. The van der Waals surface area contributed by atoms with Crippen molar-refractivity contribution in [2.45, 2.75) is 108 Å². The van der Waals surface area contributed by atoms with Crippen LogP contribution in [0.15, 0.2) is 35.3 Å². The zero-order valence-corrected chi connectivity index (χ0v) is 36.6. The molecule has 2 rings (SSSR count). The van der Waals surface area contributed by atoms with Crippen molar-refractivity contribution in [1.29, 1.82) is 0 Å². The lowest BCUT2D eigenvalue weighted by molar-refractivity contribution is -0.136. The van der Waals surface area contributed by atoms with Gasteiger partial charge in [0.25, 0.3) is 0 Å². The van der Waals surface area contributed by atoms with Gasteiger partial charge in [0.05, 0.1) is 12.6 Å². The van der Waals surface area contributed by atoms with E-state index in [1.165, 1.54) is 23.5 Å². The Morgan fingerprint density at radius 1 is 0.733 bits per heavy atom. The minimum Gasteiger partial charge on any atom is -0.394 e. The standard InChI is InChI=1S/C39H65N11O8S2/c1-23(2)20-30(37(57)45-26(13-9-17-44-39(41)42)34(54)48-29(32(40)52)21-24-10-6-5-7-11-24)49-35(55)27(14-18-59-3)47-38(58)31(22-51)50-36(56)28(15-19-60-4)46-33(53)25-12-8-16-43-25/h5-7,10-11,23,25-31,43,51H,8-9,12-22H2,1-4H3,(H2,40,52)(H,45,57)(H,46,53)(H,47,58)(H,48,54)(H,49,55)(H,50,56)(H4,41,42,44)/t25-,26-,27-,28-,29-,30-,31-/m0/s1. The monoisotopic (exact) mass is 879 g/mol. The van der Waals surface area contributed by atoms with Gasteiger partial charge in [-0.25, -0.2) is 0 Å². The average molecular weight is 880 g/mol. The fourth-order valence-corrected chi connectivity index (χ4v) is 7.24. The number of primary amides is 1. The summed E-state index contributed by atoms with van der Waals surface area (Å²) in [6.45, 7) is 3.72. The second kappa shape index (κ2) is 28.0. The molecule has 0 saturated carbocycles. The van der Waals surface area contributed by atoms with Crippen LogP contribution in [0.5, 0.6) is 0 Å². The number of benzene rings is 1. The predicted molar refractivity (Wildman–Crippen MR) is 234 cm³/mol. The van der Waals surface area contributed by atoms with Crippen LogP contribution in [0.4, 0.5) is 0 Å². The molecule has 0 aliphatic carbocycles. The zero-order valence-electron chi connectivity index (χ0n) is 35.0. The van der Waals surface area contributed by atoms with E-state index in [0.29, 0.717) is 24.5 Å². The average Bonchev–Trinajstić information content (AvgIpc) is 3.76. The largest absolute Gasteiger partial charge is 0.394 e. The minimum atomic E-state index is -1.46. The third-order valence-electron chi connectivity index (χ3n) is 9.54. The van der Waals surface area contributed by atoms with Crippen LogP contribution in [0.25, 0.3) is 0 Å².